The number of carbonyl (C=O) groups excluding carboxylic acids is 3. The first-order valence-electron chi connectivity index (χ1n) is 9.65. The molecule has 6 heteroatoms. The van der Waals surface area contributed by atoms with Crippen LogP contribution < -0.4 is 4.90 Å². The van der Waals surface area contributed by atoms with Crippen LogP contribution in [0.15, 0.2) is 30.3 Å². The first-order valence-corrected chi connectivity index (χ1v) is 9.65. The van der Waals surface area contributed by atoms with Crippen LogP contribution in [0.2, 0.25) is 0 Å². The lowest BCUT2D eigenvalue weighted by Gasteiger charge is -2.29. The lowest BCUT2D eigenvalue weighted by Crippen LogP contribution is -2.44. The normalized spacial score (nSPS) is 16.8. The zero-order chi connectivity index (χ0) is 20.1. The van der Waals surface area contributed by atoms with Gasteiger partial charge in [-0.15, -0.1) is 0 Å². The Labute approximate surface area is 164 Å². The third-order valence-electron chi connectivity index (χ3n) is 5.12. The van der Waals surface area contributed by atoms with Gasteiger partial charge in [-0.25, -0.2) is 0 Å². The number of rotatable bonds is 3. The number of benzene rings is 2. The highest BCUT2D eigenvalue weighted by molar-refractivity contribution is 6.27. The molecule has 146 valence electrons. The number of imide groups is 1. The molecule has 0 radical (unpaired) electrons. The van der Waals surface area contributed by atoms with E-state index in [1.807, 2.05) is 18.2 Å². The lowest BCUT2D eigenvalue weighted by atomic mass is 9.92. The predicted molar refractivity (Wildman–Crippen MR) is 107 cm³/mol. The zero-order valence-corrected chi connectivity index (χ0v) is 16.4. The first kappa shape index (κ1) is 18.5. The van der Waals surface area contributed by atoms with Gasteiger partial charge in [-0.2, -0.15) is 0 Å². The predicted octanol–water partition coefficient (Wildman–Crippen LogP) is 3.38. The number of hydrogen-bond acceptors (Lipinski definition) is 5. The van der Waals surface area contributed by atoms with E-state index in [1.54, 1.807) is 32.9 Å². The van der Waals surface area contributed by atoms with Crippen LogP contribution in [0, 0.1) is 0 Å². The Kier molecular flexibility index (Phi) is 4.37. The van der Waals surface area contributed by atoms with Crippen LogP contribution >= 0.6 is 0 Å². The van der Waals surface area contributed by atoms with Gasteiger partial charge in [0.05, 0.1) is 0 Å². The van der Waals surface area contributed by atoms with Crippen molar-refractivity contribution in [1.29, 1.82) is 0 Å². The molecule has 2 aliphatic rings. The van der Waals surface area contributed by atoms with Gasteiger partial charge < -0.3 is 9.64 Å². The summed E-state index contributed by atoms with van der Waals surface area (Å²) >= 11 is 0. The van der Waals surface area contributed by atoms with Gasteiger partial charge in [0.2, 0.25) is 0 Å². The van der Waals surface area contributed by atoms with Crippen molar-refractivity contribution in [2.24, 2.45) is 0 Å². The van der Waals surface area contributed by atoms with Crippen molar-refractivity contribution in [2.45, 2.75) is 39.2 Å². The van der Waals surface area contributed by atoms with Crippen LogP contribution in [0.25, 0.3) is 10.8 Å². The van der Waals surface area contributed by atoms with Gasteiger partial charge in [0, 0.05) is 40.7 Å². The summed E-state index contributed by atoms with van der Waals surface area (Å²) in [5, 5.41) is 1.60. The minimum Gasteiger partial charge on any atom is -0.459 e. The van der Waals surface area contributed by atoms with E-state index >= 15 is 0 Å². The van der Waals surface area contributed by atoms with Gasteiger partial charge in [-0.05, 0) is 51.8 Å². The molecule has 0 aliphatic carbocycles. The van der Waals surface area contributed by atoms with Crippen molar-refractivity contribution in [3.63, 3.8) is 0 Å². The Bertz CT molecular complexity index is 962. The molecule has 4 rings (SSSR count). The Morgan fingerprint density at radius 2 is 1.64 bits per heavy atom. The molecule has 2 aromatic carbocycles. The molecule has 0 bridgehead atoms. The molecule has 2 amide bonds. The van der Waals surface area contributed by atoms with Crippen LogP contribution in [0.5, 0.6) is 0 Å². The maximum absolute atomic E-state index is 13.0. The van der Waals surface area contributed by atoms with Crippen molar-refractivity contribution in [2.75, 3.05) is 24.5 Å². The number of anilines is 1. The van der Waals surface area contributed by atoms with Crippen molar-refractivity contribution in [1.82, 2.24) is 4.90 Å². The molecule has 0 saturated carbocycles. The van der Waals surface area contributed by atoms with Gasteiger partial charge in [0.1, 0.15) is 12.1 Å². The number of nitrogens with zero attached hydrogens (tertiary/aromatic N) is 2. The second-order valence-corrected chi connectivity index (χ2v) is 8.34. The molecule has 2 heterocycles. The van der Waals surface area contributed by atoms with E-state index in [0.717, 1.165) is 41.9 Å². The average molecular weight is 380 g/mol. The molecule has 1 saturated heterocycles. The number of amides is 2. The molecule has 0 spiro atoms. The molecular weight excluding hydrogens is 356 g/mol. The highest BCUT2D eigenvalue weighted by Crippen LogP contribution is 2.37. The van der Waals surface area contributed by atoms with E-state index in [-0.39, 0.29) is 0 Å². The van der Waals surface area contributed by atoms with Gasteiger partial charge in [0.15, 0.2) is 0 Å². The summed E-state index contributed by atoms with van der Waals surface area (Å²) in [7, 11) is 0. The molecular formula is C22H24N2O4. The quantitative estimate of drug-likeness (QED) is 0.603. The van der Waals surface area contributed by atoms with E-state index in [4.69, 9.17) is 4.74 Å². The highest BCUT2D eigenvalue weighted by Gasteiger charge is 2.36. The highest BCUT2D eigenvalue weighted by atomic mass is 16.6. The Morgan fingerprint density at radius 1 is 1.00 bits per heavy atom. The van der Waals surface area contributed by atoms with Crippen LogP contribution in [0.4, 0.5) is 5.69 Å². The fraction of sp³-hybridized carbons (Fsp3) is 0.409. The number of ether oxygens (including phenoxy) is 1. The molecule has 0 atom stereocenters. The lowest BCUT2D eigenvalue weighted by molar-refractivity contribution is -0.155. The van der Waals surface area contributed by atoms with Gasteiger partial charge >= 0.3 is 5.97 Å². The summed E-state index contributed by atoms with van der Waals surface area (Å²) in [5.41, 5.74) is 1.29. The number of carbonyl (C=O) groups is 3. The van der Waals surface area contributed by atoms with Crippen LogP contribution in [0.3, 0.4) is 0 Å². The maximum atomic E-state index is 13.0. The fourth-order valence-electron chi connectivity index (χ4n) is 4.01. The Balaban J connectivity index is 1.74. The third kappa shape index (κ3) is 3.13. The van der Waals surface area contributed by atoms with E-state index in [9.17, 15) is 14.4 Å². The van der Waals surface area contributed by atoms with Gasteiger partial charge in [0.25, 0.3) is 11.8 Å². The second kappa shape index (κ2) is 6.62. The van der Waals surface area contributed by atoms with Crippen molar-refractivity contribution in [3.05, 3.63) is 41.5 Å². The van der Waals surface area contributed by atoms with Crippen LogP contribution in [0.1, 0.15) is 54.3 Å². The minimum atomic E-state index is -0.679. The Hall–Kier alpha value is -2.89. The molecule has 0 aromatic heterocycles. The molecule has 1 fully saturated rings. The number of hydrogen-bond donors (Lipinski definition) is 0. The van der Waals surface area contributed by atoms with Crippen molar-refractivity contribution >= 4 is 34.2 Å². The fourth-order valence-corrected chi connectivity index (χ4v) is 4.01. The molecule has 0 unspecified atom stereocenters. The average Bonchev–Trinajstić information content (AvgIpc) is 3.15. The molecule has 2 aliphatic heterocycles. The van der Waals surface area contributed by atoms with E-state index < -0.39 is 29.9 Å². The van der Waals surface area contributed by atoms with Gasteiger partial charge in [-0.3, -0.25) is 19.3 Å². The van der Waals surface area contributed by atoms with Crippen molar-refractivity contribution < 1.29 is 19.1 Å². The summed E-state index contributed by atoms with van der Waals surface area (Å²) in [6.45, 7) is 6.82. The van der Waals surface area contributed by atoms with Crippen LogP contribution in [-0.2, 0) is 9.53 Å². The SMILES string of the molecule is CC(C)(C)OC(=O)CN1C(=O)c2cccc3c(N4CCCC4)ccc(c23)C1=O. The smallest absolute Gasteiger partial charge is 0.326 e. The Morgan fingerprint density at radius 3 is 2.29 bits per heavy atom. The standard InChI is InChI=1S/C22H24N2O4/c1-22(2,3)28-18(25)13-24-20(26)15-8-6-7-14-17(23-11-4-5-12-23)10-9-16(19(14)15)21(24)27/h6-10H,4-5,11-13H2,1-3H3. The van der Waals surface area contributed by atoms with Crippen molar-refractivity contribution in [3.8, 4) is 0 Å². The molecule has 28 heavy (non-hydrogen) atoms. The zero-order valence-electron chi connectivity index (χ0n) is 16.4. The summed E-state index contributed by atoms with van der Waals surface area (Å²) in [4.78, 5) is 41.6. The molecule has 0 N–H and O–H groups in total. The van der Waals surface area contributed by atoms with E-state index in [2.05, 4.69) is 4.90 Å². The van der Waals surface area contributed by atoms with E-state index in [1.165, 1.54) is 0 Å². The minimum absolute atomic E-state index is 0.390. The maximum Gasteiger partial charge on any atom is 0.326 e. The summed E-state index contributed by atoms with van der Waals surface area (Å²) < 4.78 is 5.29. The van der Waals surface area contributed by atoms with Crippen LogP contribution in [-0.4, -0.2) is 47.9 Å². The molecule has 6 nitrogen and oxygen atoms in total. The first-order chi connectivity index (χ1) is 13.3. The topological polar surface area (TPSA) is 66.9 Å². The number of esters is 1. The molecule has 2 aromatic rings. The van der Waals surface area contributed by atoms with Gasteiger partial charge in [-0.1, -0.05) is 12.1 Å². The summed E-state index contributed by atoms with van der Waals surface area (Å²) in [6.07, 6.45) is 2.29. The summed E-state index contributed by atoms with van der Waals surface area (Å²) in [5.74, 6) is -1.50. The summed E-state index contributed by atoms with van der Waals surface area (Å²) in [6, 6.07) is 9.24. The second-order valence-electron chi connectivity index (χ2n) is 8.34. The third-order valence-corrected chi connectivity index (χ3v) is 5.12. The monoisotopic (exact) mass is 380 g/mol. The van der Waals surface area contributed by atoms with E-state index in [0.29, 0.717) is 16.5 Å². The largest absolute Gasteiger partial charge is 0.459 e.